The van der Waals surface area contributed by atoms with Crippen molar-refractivity contribution < 1.29 is 4.42 Å². The van der Waals surface area contributed by atoms with Gasteiger partial charge in [-0.1, -0.05) is 119 Å². The molecule has 1 heterocycles. The van der Waals surface area contributed by atoms with E-state index in [9.17, 15) is 0 Å². The number of allylic oxidation sites excluding steroid dienone is 6. The molecule has 0 amide bonds. The highest BCUT2D eigenvalue weighted by Crippen LogP contribution is 2.40. The summed E-state index contributed by atoms with van der Waals surface area (Å²) in [5.41, 5.74) is 3.42. The molecule has 1 aromatic rings. The van der Waals surface area contributed by atoms with Gasteiger partial charge < -0.3 is 4.42 Å². The van der Waals surface area contributed by atoms with E-state index in [2.05, 4.69) is 107 Å². The quantitative estimate of drug-likeness (QED) is 0.462. The first kappa shape index (κ1) is 25.3. The molecule has 29 heavy (non-hydrogen) atoms. The van der Waals surface area contributed by atoms with Crippen molar-refractivity contribution in [2.24, 2.45) is 21.7 Å². The van der Waals surface area contributed by atoms with Gasteiger partial charge in [-0.05, 0) is 45.9 Å². The van der Waals surface area contributed by atoms with Crippen molar-refractivity contribution in [2.75, 3.05) is 0 Å². The Labute approximate surface area is 180 Å². The first-order chi connectivity index (χ1) is 12.9. The second-order valence-electron chi connectivity index (χ2n) is 12.1. The summed E-state index contributed by atoms with van der Waals surface area (Å²) in [6, 6.07) is 4.05. The minimum absolute atomic E-state index is 0.143. The fourth-order valence-corrected chi connectivity index (χ4v) is 4.28. The monoisotopic (exact) mass is 396 g/mol. The lowest BCUT2D eigenvalue weighted by atomic mass is 9.72. The highest BCUT2D eigenvalue weighted by molar-refractivity contribution is 5.52. The van der Waals surface area contributed by atoms with Crippen LogP contribution in [0, 0.1) is 21.7 Å². The van der Waals surface area contributed by atoms with Crippen LogP contribution in [0.5, 0.6) is 0 Å². The molecule has 0 aliphatic heterocycles. The van der Waals surface area contributed by atoms with Gasteiger partial charge in [0.15, 0.2) is 0 Å². The van der Waals surface area contributed by atoms with Gasteiger partial charge in [-0.2, -0.15) is 0 Å². The van der Waals surface area contributed by atoms with Crippen molar-refractivity contribution in [2.45, 2.75) is 83.1 Å². The number of hydrogen-bond donors (Lipinski definition) is 0. The van der Waals surface area contributed by atoms with E-state index >= 15 is 0 Å². The maximum atomic E-state index is 5.96. The smallest absolute Gasteiger partial charge is 0.127 e. The van der Waals surface area contributed by atoms with E-state index in [0.717, 1.165) is 11.5 Å². The minimum atomic E-state index is 0.143. The van der Waals surface area contributed by atoms with E-state index in [4.69, 9.17) is 4.42 Å². The largest absolute Gasteiger partial charge is 0.457 e. The Balaban J connectivity index is 3.01. The molecule has 0 aliphatic carbocycles. The van der Waals surface area contributed by atoms with E-state index in [0.29, 0.717) is 0 Å². The standard InChI is InChI=1S/C28H44O/c1-25(2,3)23(26(4,5)6)17-13-15-21-19-20-22(29-21)16-14-18-24(27(7,8)9)28(10,11)12/h13-20H,1-12H3/b15-13+,16-14+. The molecule has 0 spiro atoms. The Morgan fingerprint density at radius 1 is 0.552 bits per heavy atom. The van der Waals surface area contributed by atoms with Crippen molar-refractivity contribution in [3.8, 4) is 0 Å². The van der Waals surface area contributed by atoms with Crippen LogP contribution in [0.25, 0.3) is 12.2 Å². The van der Waals surface area contributed by atoms with Gasteiger partial charge in [0.25, 0.3) is 0 Å². The van der Waals surface area contributed by atoms with Gasteiger partial charge in [0.1, 0.15) is 11.5 Å². The Bertz CT molecular complexity index is 681. The SMILES string of the molecule is CC(C)(C)C(=C/C=C/c1ccc(/C=C/C=C(C(C)(C)C)C(C)(C)C)o1)C(C)(C)C. The second kappa shape index (κ2) is 8.94. The van der Waals surface area contributed by atoms with E-state index < -0.39 is 0 Å². The van der Waals surface area contributed by atoms with Crippen LogP contribution in [0.1, 0.15) is 94.6 Å². The first-order valence-corrected chi connectivity index (χ1v) is 10.8. The fraction of sp³-hybridized carbons (Fsp3) is 0.571. The highest BCUT2D eigenvalue weighted by Gasteiger charge is 2.27. The summed E-state index contributed by atoms with van der Waals surface area (Å²) in [4.78, 5) is 0. The third-order valence-corrected chi connectivity index (χ3v) is 4.93. The van der Waals surface area contributed by atoms with E-state index in [1.807, 2.05) is 24.3 Å². The molecule has 0 bridgehead atoms. The molecule has 0 atom stereocenters. The molecular formula is C28H44O. The molecule has 162 valence electrons. The van der Waals surface area contributed by atoms with Gasteiger partial charge in [0.05, 0.1) is 0 Å². The van der Waals surface area contributed by atoms with Crippen molar-refractivity contribution in [1.82, 2.24) is 0 Å². The van der Waals surface area contributed by atoms with Crippen molar-refractivity contribution in [3.63, 3.8) is 0 Å². The number of hydrogen-bond acceptors (Lipinski definition) is 1. The van der Waals surface area contributed by atoms with Gasteiger partial charge in [0.2, 0.25) is 0 Å². The Hall–Kier alpha value is -1.76. The fourth-order valence-electron chi connectivity index (χ4n) is 4.28. The third kappa shape index (κ3) is 8.25. The molecule has 0 aromatic carbocycles. The molecular weight excluding hydrogens is 352 g/mol. The van der Waals surface area contributed by atoms with Gasteiger partial charge in [-0.25, -0.2) is 0 Å². The Morgan fingerprint density at radius 3 is 1.07 bits per heavy atom. The van der Waals surface area contributed by atoms with Crippen molar-refractivity contribution in [3.05, 3.63) is 59.1 Å². The molecule has 1 rings (SSSR count). The zero-order valence-corrected chi connectivity index (χ0v) is 21.0. The zero-order chi connectivity index (χ0) is 22.7. The summed E-state index contributed by atoms with van der Waals surface area (Å²) in [6.07, 6.45) is 12.8. The van der Waals surface area contributed by atoms with Crippen molar-refractivity contribution in [1.29, 1.82) is 0 Å². The predicted octanol–water partition coefficient (Wildman–Crippen LogP) is 9.34. The van der Waals surface area contributed by atoms with E-state index in [1.54, 1.807) is 0 Å². The van der Waals surface area contributed by atoms with Gasteiger partial charge in [0, 0.05) is 0 Å². The predicted molar refractivity (Wildman–Crippen MR) is 131 cm³/mol. The second-order valence-corrected chi connectivity index (χ2v) is 12.1. The van der Waals surface area contributed by atoms with Crippen LogP contribution in [0.15, 0.2) is 52.0 Å². The van der Waals surface area contributed by atoms with Crippen LogP contribution >= 0.6 is 0 Å². The lowest BCUT2D eigenvalue weighted by Gasteiger charge is -2.33. The lowest BCUT2D eigenvalue weighted by molar-refractivity contribution is 0.362. The molecule has 0 saturated carbocycles. The van der Waals surface area contributed by atoms with Gasteiger partial charge >= 0.3 is 0 Å². The van der Waals surface area contributed by atoms with Crippen LogP contribution in [0.3, 0.4) is 0 Å². The zero-order valence-electron chi connectivity index (χ0n) is 21.0. The molecule has 0 aliphatic rings. The number of furan rings is 1. The maximum absolute atomic E-state index is 5.96. The Morgan fingerprint density at radius 2 is 0.828 bits per heavy atom. The molecule has 1 heteroatoms. The van der Waals surface area contributed by atoms with Crippen LogP contribution < -0.4 is 0 Å². The van der Waals surface area contributed by atoms with Crippen LogP contribution in [-0.4, -0.2) is 0 Å². The summed E-state index contributed by atoms with van der Waals surface area (Å²) in [5.74, 6) is 1.75. The molecule has 1 nitrogen and oxygen atoms in total. The Kier molecular flexibility index (Phi) is 7.79. The summed E-state index contributed by atoms with van der Waals surface area (Å²) in [7, 11) is 0. The average molecular weight is 397 g/mol. The summed E-state index contributed by atoms with van der Waals surface area (Å²) in [5, 5.41) is 0. The molecule has 1 aromatic heterocycles. The minimum Gasteiger partial charge on any atom is -0.457 e. The number of rotatable bonds is 4. The van der Waals surface area contributed by atoms with E-state index in [-0.39, 0.29) is 21.7 Å². The molecule has 0 saturated heterocycles. The highest BCUT2D eigenvalue weighted by atomic mass is 16.3. The third-order valence-electron chi connectivity index (χ3n) is 4.93. The summed E-state index contributed by atoms with van der Waals surface area (Å²) < 4.78 is 5.96. The molecule has 0 unspecified atom stereocenters. The average Bonchev–Trinajstić information content (AvgIpc) is 2.90. The van der Waals surface area contributed by atoms with Crippen LogP contribution in [0.4, 0.5) is 0 Å². The molecule has 0 radical (unpaired) electrons. The molecule has 0 N–H and O–H groups in total. The van der Waals surface area contributed by atoms with Crippen LogP contribution in [0.2, 0.25) is 0 Å². The first-order valence-electron chi connectivity index (χ1n) is 10.8. The summed E-state index contributed by atoms with van der Waals surface area (Å²) >= 11 is 0. The van der Waals surface area contributed by atoms with Gasteiger partial charge in [-0.15, -0.1) is 0 Å². The van der Waals surface area contributed by atoms with Crippen LogP contribution in [-0.2, 0) is 0 Å². The topological polar surface area (TPSA) is 13.1 Å². The normalized spacial score (nSPS) is 13.9. The lowest BCUT2D eigenvalue weighted by Crippen LogP contribution is -2.22. The van der Waals surface area contributed by atoms with E-state index in [1.165, 1.54) is 11.1 Å². The summed E-state index contributed by atoms with van der Waals surface area (Å²) in [6.45, 7) is 27.2. The molecule has 0 fully saturated rings. The van der Waals surface area contributed by atoms with Gasteiger partial charge in [-0.3, -0.25) is 0 Å². The van der Waals surface area contributed by atoms with Crippen molar-refractivity contribution >= 4 is 12.2 Å². The maximum Gasteiger partial charge on any atom is 0.127 e.